The second-order valence-corrected chi connectivity index (χ2v) is 12.0. The number of pyridine rings is 1. The van der Waals surface area contributed by atoms with E-state index >= 15 is 0 Å². The van der Waals surface area contributed by atoms with Crippen LogP contribution in [0.25, 0.3) is 0 Å². The Kier molecular flexibility index (Phi) is 7.47. The molecule has 1 aliphatic rings. The topological polar surface area (TPSA) is 97.5 Å². The van der Waals surface area contributed by atoms with E-state index in [9.17, 15) is 18.3 Å². The molecule has 5 rings (SSSR count). The number of benzene rings is 2. The summed E-state index contributed by atoms with van der Waals surface area (Å²) in [6.45, 7) is 2.04. The number of aromatic hydroxyl groups is 1. The molecule has 7 heteroatoms. The minimum absolute atomic E-state index is 0.0269. The first-order chi connectivity index (χ1) is 18.4. The van der Waals surface area contributed by atoms with Gasteiger partial charge in [0, 0.05) is 24.1 Å². The van der Waals surface area contributed by atoms with Gasteiger partial charge in [-0.05, 0) is 60.4 Å². The van der Waals surface area contributed by atoms with E-state index in [2.05, 4.69) is 4.98 Å². The molecule has 1 N–H and O–H groups in total. The van der Waals surface area contributed by atoms with Gasteiger partial charge in [0.1, 0.15) is 11.5 Å². The first-order valence-corrected chi connectivity index (χ1v) is 14.6. The summed E-state index contributed by atoms with van der Waals surface area (Å²) in [6.07, 6.45) is 4.77. The van der Waals surface area contributed by atoms with Crippen LogP contribution in [0.1, 0.15) is 66.0 Å². The summed E-state index contributed by atoms with van der Waals surface area (Å²) in [5.74, 6) is -0.00873. The van der Waals surface area contributed by atoms with Gasteiger partial charge in [-0.3, -0.25) is 0 Å². The van der Waals surface area contributed by atoms with Crippen molar-refractivity contribution in [1.29, 1.82) is 0 Å². The van der Waals surface area contributed by atoms with Crippen LogP contribution in [-0.2, 0) is 22.0 Å². The molecule has 6 nitrogen and oxygen atoms in total. The molecule has 1 saturated carbocycles. The third kappa shape index (κ3) is 5.73. The quantitative estimate of drug-likeness (QED) is 0.271. The van der Waals surface area contributed by atoms with Gasteiger partial charge in [-0.1, -0.05) is 67.6 Å². The lowest BCUT2D eigenvalue weighted by Crippen LogP contribution is -2.18. The number of aromatic nitrogens is 1. The number of rotatable bonds is 10. The van der Waals surface area contributed by atoms with E-state index < -0.39 is 15.5 Å². The Morgan fingerprint density at radius 2 is 1.71 bits per heavy atom. The van der Waals surface area contributed by atoms with Gasteiger partial charge in [0.15, 0.2) is 14.9 Å². The second-order valence-electron chi connectivity index (χ2n) is 10.0. The molecule has 2 atom stereocenters. The van der Waals surface area contributed by atoms with Crippen molar-refractivity contribution in [3.8, 4) is 5.75 Å². The average Bonchev–Trinajstić information content (AvgIpc) is 3.75. The van der Waals surface area contributed by atoms with Crippen LogP contribution in [0.2, 0.25) is 0 Å². The maximum absolute atomic E-state index is 13.3. The van der Waals surface area contributed by atoms with E-state index in [0.717, 1.165) is 30.4 Å². The van der Waals surface area contributed by atoms with Gasteiger partial charge in [-0.15, -0.1) is 0 Å². The molecule has 1 fully saturated rings. The maximum Gasteiger partial charge on any atom is 0.343 e. The van der Waals surface area contributed by atoms with Crippen LogP contribution in [0.3, 0.4) is 0 Å². The van der Waals surface area contributed by atoms with Crippen molar-refractivity contribution >= 4 is 9.84 Å². The molecule has 0 aliphatic heterocycles. The van der Waals surface area contributed by atoms with E-state index in [1.807, 2.05) is 49.4 Å². The highest BCUT2D eigenvalue weighted by molar-refractivity contribution is 7.90. The predicted octanol–water partition coefficient (Wildman–Crippen LogP) is 5.99. The average molecular weight is 530 g/mol. The number of hydrogen-bond donors (Lipinski definition) is 1. The van der Waals surface area contributed by atoms with E-state index in [1.165, 1.54) is 12.3 Å². The molecule has 196 valence electrons. The Morgan fingerprint density at radius 1 is 0.974 bits per heavy atom. The summed E-state index contributed by atoms with van der Waals surface area (Å²) in [5, 5.41) is 11.2. The summed E-state index contributed by atoms with van der Waals surface area (Å²) in [6, 6.07) is 23.7. The van der Waals surface area contributed by atoms with Gasteiger partial charge in [0.25, 0.3) is 0 Å². The summed E-state index contributed by atoms with van der Waals surface area (Å²) in [5.41, 5.74) is 2.26. The van der Waals surface area contributed by atoms with Crippen LogP contribution in [0, 0.1) is 5.92 Å². The fourth-order valence-corrected chi connectivity index (χ4v) is 6.42. The van der Waals surface area contributed by atoms with Crippen LogP contribution in [0.4, 0.5) is 0 Å². The highest BCUT2D eigenvalue weighted by Gasteiger charge is 2.38. The lowest BCUT2D eigenvalue weighted by atomic mass is 9.86. The Hall–Kier alpha value is -3.71. The highest BCUT2D eigenvalue weighted by Crippen LogP contribution is 2.48. The zero-order chi connectivity index (χ0) is 26.7. The Morgan fingerprint density at radius 3 is 2.37 bits per heavy atom. The monoisotopic (exact) mass is 529 g/mol. The van der Waals surface area contributed by atoms with Crippen molar-refractivity contribution in [2.24, 2.45) is 5.92 Å². The molecule has 38 heavy (non-hydrogen) atoms. The van der Waals surface area contributed by atoms with Crippen LogP contribution >= 0.6 is 0 Å². The van der Waals surface area contributed by atoms with Crippen molar-refractivity contribution in [2.45, 2.75) is 55.2 Å². The smallest absolute Gasteiger partial charge is 0.343 e. The Balaban J connectivity index is 1.46. The molecule has 2 aromatic heterocycles. The second kappa shape index (κ2) is 11.0. The van der Waals surface area contributed by atoms with Crippen LogP contribution < -0.4 is 5.63 Å². The van der Waals surface area contributed by atoms with Crippen molar-refractivity contribution < 1.29 is 17.9 Å². The number of sulfone groups is 1. The van der Waals surface area contributed by atoms with Gasteiger partial charge in [0.05, 0.1) is 11.3 Å². The molecule has 0 saturated heterocycles. The molecule has 0 amide bonds. The van der Waals surface area contributed by atoms with Crippen molar-refractivity contribution in [2.75, 3.05) is 0 Å². The third-order valence-electron chi connectivity index (χ3n) is 7.23. The standard InChI is InChI=1S/C31H31NO5S/c1-2-23(17-21-9-4-3-5-10-21)27-19-26(33)30(31(34)37-27)29(24-14-15-24)25-12-8-11-22(18-25)20-38(35,36)28-13-6-7-16-32-28/h3-13,16,18-19,23-24,29,33H,2,14-15,17,20H2,1H3. The lowest BCUT2D eigenvalue weighted by Gasteiger charge is -2.20. The molecule has 2 heterocycles. The van der Waals surface area contributed by atoms with E-state index in [1.54, 1.807) is 30.3 Å². The molecular weight excluding hydrogens is 498 g/mol. The van der Waals surface area contributed by atoms with Gasteiger partial charge in [-0.25, -0.2) is 18.2 Å². The summed E-state index contributed by atoms with van der Waals surface area (Å²) in [4.78, 5) is 17.3. The van der Waals surface area contributed by atoms with E-state index in [-0.39, 0.29) is 39.8 Å². The van der Waals surface area contributed by atoms with Gasteiger partial charge in [0.2, 0.25) is 0 Å². The zero-order valence-corrected chi connectivity index (χ0v) is 22.1. The number of nitrogens with zero attached hydrogens (tertiary/aromatic N) is 1. The zero-order valence-electron chi connectivity index (χ0n) is 21.3. The summed E-state index contributed by atoms with van der Waals surface area (Å²) in [7, 11) is -3.63. The molecule has 0 radical (unpaired) electrons. The van der Waals surface area contributed by atoms with Gasteiger partial charge >= 0.3 is 5.63 Å². The van der Waals surface area contributed by atoms with Crippen LogP contribution in [0.15, 0.2) is 99.3 Å². The molecular formula is C31H31NO5S. The lowest BCUT2D eigenvalue weighted by molar-refractivity contribution is 0.379. The van der Waals surface area contributed by atoms with Gasteiger partial charge in [-0.2, -0.15) is 0 Å². The minimum atomic E-state index is -3.63. The molecule has 0 spiro atoms. The SMILES string of the molecule is CCC(Cc1ccccc1)c1cc(O)c(C(c2cccc(CS(=O)(=O)c3ccccn3)c2)C2CC2)c(=O)o1. The predicted molar refractivity (Wildman–Crippen MR) is 146 cm³/mol. The minimum Gasteiger partial charge on any atom is -0.507 e. The fourth-order valence-electron chi connectivity index (χ4n) is 5.15. The largest absolute Gasteiger partial charge is 0.507 e. The van der Waals surface area contributed by atoms with Gasteiger partial charge < -0.3 is 9.52 Å². The Labute approximate surface area is 222 Å². The van der Waals surface area contributed by atoms with Crippen LogP contribution in [0.5, 0.6) is 5.75 Å². The third-order valence-corrected chi connectivity index (χ3v) is 8.83. The number of hydrogen-bond acceptors (Lipinski definition) is 6. The molecule has 1 aliphatic carbocycles. The first kappa shape index (κ1) is 25.9. The Bertz CT molecular complexity index is 1560. The molecule has 4 aromatic rings. The van der Waals surface area contributed by atoms with Crippen molar-refractivity contribution in [3.63, 3.8) is 0 Å². The van der Waals surface area contributed by atoms with E-state index in [0.29, 0.717) is 17.7 Å². The van der Waals surface area contributed by atoms with Crippen molar-refractivity contribution in [3.05, 3.63) is 123 Å². The highest BCUT2D eigenvalue weighted by atomic mass is 32.2. The molecule has 2 unspecified atom stereocenters. The first-order valence-electron chi connectivity index (χ1n) is 13.0. The fraction of sp³-hybridized carbons (Fsp3) is 0.290. The van der Waals surface area contributed by atoms with E-state index in [4.69, 9.17) is 4.42 Å². The van der Waals surface area contributed by atoms with Crippen LogP contribution in [-0.4, -0.2) is 18.5 Å². The molecule has 2 aromatic carbocycles. The summed E-state index contributed by atoms with van der Waals surface area (Å²) >= 11 is 0. The molecule has 0 bridgehead atoms. The van der Waals surface area contributed by atoms with Crippen molar-refractivity contribution in [1.82, 2.24) is 4.98 Å². The summed E-state index contributed by atoms with van der Waals surface area (Å²) < 4.78 is 31.6. The maximum atomic E-state index is 13.3. The normalized spacial score (nSPS) is 15.2.